The normalized spacial score (nSPS) is 11.3. The Bertz CT molecular complexity index is 1260. The minimum Gasteiger partial charge on any atom is -0.493 e. The predicted octanol–water partition coefficient (Wildman–Crippen LogP) is 6.49. The first-order valence-electron chi connectivity index (χ1n) is 9.67. The number of thiocarbonyl (C=S) groups is 1. The number of fused-ring (bicyclic) bond motifs is 1. The molecule has 0 fully saturated rings. The van der Waals surface area contributed by atoms with E-state index in [0.717, 1.165) is 27.7 Å². The van der Waals surface area contributed by atoms with Crippen LogP contribution in [0.3, 0.4) is 0 Å². The van der Waals surface area contributed by atoms with Crippen molar-refractivity contribution in [2.45, 2.75) is 20.4 Å². The molecule has 0 saturated carbocycles. The molecule has 4 rings (SSSR count). The third-order valence-corrected chi connectivity index (χ3v) is 5.15. The highest BCUT2D eigenvalue weighted by Crippen LogP contribution is 2.39. The Kier molecular flexibility index (Phi) is 5.59. The van der Waals surface area contributed by atoms with Crippen molar-refractivity contribution in [1.29, 1.82) is 0 Å². The smallest absolute Gasteiger partial charge is 0.221 e. The molecular formula is C24H22N4OS. The minimum atomic E-state index is 0.0696. The molecule has 6 heteroatoms. The van der Waals surface area contributed by atoms with Gasteiger partial charge in [0.05, 0.1) is 12.1 Å². The van der Waals surface area contributed by atoms with E-state index in [1.165, 1.54) is 5.56 Å². The van der Waals surface area contributed by atoms with Crippen molar-refractivity contribution >= 4 is 39.6 Å². The van der Waals surface area contributed by atoms with Gasteiger partial charge in [-0.15, -0.1) is 10.2 Å². The lowest BCUT2D eigenvalue weighted by Gasteiger charge is -2.08. The largest absolute Gasteiger partial charge is 0.493 e. The second kappa shape index (κ2) is 8.47. The van der Waals surface area contributed by atoms with Crippen LogP contribution in [0.25, 0.3) is 10.9 Å². The van der Waals surface area contributed by atoms with E-state index in [9.17, 15) is 5.11 Å². The van der Waals surface area contributed by atoms with Gasteiger partial charge < -0.3 is 15.0 Å². The van der Waals surface area contributed by atoms with Crippen molar-refractivity contribution in [2.24, 2.45) is 10.2 Å². The Labute approximate surface area is 180 Å². The number of aryl methyl sites for hydroxylation is 2. The molecule has 3 aromatic carbocycles. The molecule has 0 spiro atoms. The number of nitrogens with zero attached hydrogens (tertiary/aromatic N) is 3. The zero-order chi connectivity index (χ0) is 21.1. The molecular weight excluding hydrogens is 392 g/mol. The molecule has 1 heterocycles. The zero-order valence-electron chi connectivity index (χ0n) is 16.8. The number of aromatic hydroxyl groups is 1. The van der Waals surface area contributed by atoms with Crippen LogP contribution in [0.5, 0.6) is 5.88 Å². The second-order valence-electron chi connectivity index (χ2n) is 7.21. The Morgan fingerprint density at radius 1 is 1.00 bits per heavy atom. The molecule has 150 valence electrons. The highest BCUT2D eigenvalue weighted by Gasteiger charge is 2.17. The summed E-state index contributed by atoms with van der Waals surface area (Å²) in [6, 6.07) is 23.8. The number of azo groups is 1. The molecule has 2 N–H and O–H groups in total. The van der Waals surface area contributed by atoms with Crippen LogP contribution >= 0.6 is 12.2 Å². The van der Waals surface area contributed by atoms with E-state index in [1.54, 1.807) is 0 Å². The number of rotatable bonds is 4. The van der Waals surface area contributed by atoms with Crippen molar-refractivity contribution in [1.82, 2.24) is 4.57 Å². The first kappa shape index (κ1) is 19.8. The fraction of sp³-hybridized carbons (Fsp3) is 0.125. The minimum absolute atomic E-state index is 0.0696. The number of para-hydroxylation sites is 2. The molecule has 5 nitrogen and oxygen atoms in total. The maximum Gasteiger partial charge on any atom is 0.221 e. The van der Waals surface area contributed by atoms with Gasteiger partial charge in [-0.25, -0.2) is 0 Å². The summed E-state index contributed by atoms with van der Waals surface area (Å²) < 4.78 is 1.84. The first-order chi connectivity index (χ1) is 14.5. The second-order valence-corrected chi connectivity index (χ2v) is 7.60. The summed E-state index contributed by atoms with van der Waals surface area (Å²) in [4.78, 5) is 0. The molecule has 0 aliphatic rings. The van der Waals surface area contributed by atoms with Gasteiger partial charge in [-0.3, -0.25) is 0 Å². The van der Waals surface area contributed by atoms with Crippen LogP contribution in [-0.4, -0.2) is 14.8 Å². The van der Waals surface area contributed by atoms with Gasteiger partial charge in [-0.2, -0.15) is 0 Å². The first-order valence-corrected chi connectivity index (χ1v) is 10.1. The molecule has 0 aliphatic carbocycles. The lowest BCUT2D eigenvalue weighted by atomic mass is 10.1. The summed E-state index contributed by atoms with van der Waals surface area (Å²) in [6.07, 6.45) is 0. The SMILES string of the molecule is Cc1cccc(Cn2c(O)c(N=NC(=S)Nc3ccccc3C)c3ccccc32)c1. The fourth-order valence-electron chi connectivity index (χ4n) is 3.47. The molecule has 0 aliphatic heterocycles. The van der Waals surface area contributed by atoms with Crippen molar-refractivity contribution in [3.05, 3.63) is 89.5 Å². The predicted molar refractivity (Wildman–Crippen MR) is 126 cm³/mol. The van der Waals surface area contributed by atoms with Gasteiger partial charge in [-0.05, 0) is 49.3 Å². The van der Waals surface area contributed by atoms with Gasteiger partial charge >= 0.3 is 0 Å². The van der Waals surface area contributed by atoms with E-state index in [1.807, 2.05) is 72.2 Å². The fourth-order valence-corrected chi connectivity index (χ4v) is 3.62. The Balaban J connectivity index is 1.66. The van der Waals surface area contributed by atoms with E-state index in [-0.39, 0.29) is 11.0 Å². The lowest BCUT2D eigenvalue weighted by molar-refractivity contribution is 0.429. The van der Waals surface area contributed by atoms with Gasteiger partial charge in [-0.1, -0.05) is 66.2 Å². The average Bonchev–Trinajstić information content (AvgIpc) is 2.99. The van der Waals surface area contributed by atoms with Crippen molar-refractivity contribution < 1.29 is 5.11 Å². The van der Waals surface area contributed by atoms with E-state index >= 15 is 0 Å². The number of aromatic nitrogens is 1. The van der Waals surface area contributed by atoms with Crippen LogP contribution in [0.2, 0.25) is 0 Å². The molecule has 30 heavy (non-hydrogen) atoms. The van der Waals surface area contributed by atoms with Gasteiger partial charge in [0.25, 0.3) is 0 Å². The number of benzene rings is 3. The lowest BCUT2D eigenvalue weighted by Crippen LogP contribution is -2.06. The van der Waals surface area contributed by atoms with Gasteiger partial charge in [0.2, 0.25) is 11.0 Å². The van der Waals surface area contributed by atoms with Gasteiger partial charge in [0.1, 0.15) is 0 Å². The Hall–Kier alpha value is -3.51. The molecule has 0 amide bonds. The van der Waals surface area contributed by atoms with Crippen molar-refractivity contribution in [3.63, 3.8) is 0 Å². The quantitative estimate of drug-likeness (QED) is 0.296. The summed E-state index contributed by atoms with van der Waals surface area (Å²) in [5.74, 6) is 0.0696. The highest BCUT2D eigenvalue weighted by molar-refractivity contribution is 7.80. The maximum absolute atomic E-state index is 10.9. The Morgan fingerprint density at radius 2 is 1.77 bits per heavy atom. The summed E-state index contributed by atoms with van der Waals surface area (Å²) in [7, 11) is 0. The van der Waals surface area contributed by atoms with Crippen molar-refractivity contribution in [3.8, 4) is 5.88 Å². The number of hydrogen-bond acceptors (Lipinski definition) is 3. The number of hydrogen-bond donors (Lipinski definition) is 2. The topological polar surface area (TPSA) is 61.9 Å². The van der Waals surface area contributed by atoms with Crippen LogP contribution < -0.4 is 5.32 Å². The summed E-state index contributed by atoms with van der Waals surface area (Å²) in [5, 5.41) is 23.5. The van der Waals surface area contributed by atoms with Crippen LogP contribution in [0.4, 0.5) is 11.4 Å². The molecule has 1 aromatic heterocycles. The third-order valence-electron chi connectivity index (χ3n) is 4.97. The van der Waals surface area contributed by atoms with E-state index in [4.69, 9.17) is 12.2 Å². The van der Waals surface area contributed by atoms with Crippen LogP contribution in [0.1, 0.15) is 16.7 Å². The Morgan fingerprint density at radius 3 is 2.57 bits per heavy atom. The van der Waals surface area contributed by atoms with Crippen LogP contribution in [0.15, 0.2) is 83.0 Å². The van der Waals surface area contributed by atoms with E-state index in [0.29, 0.717) is 12.2 Å². The summed E-state index contributed by atoms with van der Waals surface area (Å²) >= 11 is 5.33. The third kappa shape index (κ3) is 4.09. The standard InChI is InChI=1S/C24H22N4OS/c1-16-8-7-10-18(14-16)15-28-21-13-6-4-11-19(21)22(23(28)29)26-27-24(30)25-20-12-5-3-9-17(20)2/h3-14,29H,15H2,1-2H3,(H,25,30). The van der Waals surface area contributed by atoms with Gasteiger partial charge in [0, 0.05) is 11.1 Å². The van der Waals surface area contributed by atoms with Gasteiger partial charge in [0.15, 0.2) is 5.69 Å². The van der Waals surface area contributed by atoms with Crippen LogP contribution in [-0.2, 0) is 6.54 Å². The molecule has 0 saturated heterocycles. The zero-order valence-corrected chi connectivity index (χ0v) is 17.6. The molecule has 0 unspecified atom stereocenters. The maximum atomic E-state index is 10.9. The monoisotopic (exact) mass is 414 g/mol. The van der Waals surface area contributed by atoms with E-state index in [2.05, 4.69) is 34.6 Å². The molecule has 0 atom stereocenters. The molecule has 0 bridgehead atoms. The van der Waals surface area contributed by atoms with Crippen molar-refractivity contribution in [2.75, 3.05) is 5.32 Å². The summed E-state index contributed by atoms with van der Waals surface area (Å²) in [5.41, 5.74) is 5.53. The molecule has 0 radical (unpaired) electrons. The number of nitrogens with one attached hydrogen (secondary N) is 1. The van der Waals surface area contributed by atoms with Crippen LogP contribution in [0, 0.1) is 13.8 Å². The highest BCUT2D eigenvalue weighted by atomic mass is 32.1. The molecule has 4 aromatic rings. The number of anilines is 1. The average molecular weight is 415 g/mol. The summed E-state index contributed by atoms with van der Waals surface area (Å²) in [6.45, 7) is 4.58. The van der Waals surface area contributed by atoms with E-state index < -0.39 is 0 Å².